The van der Waals surface area contributed by atoms with Gasteiger partial charge in [0.15, 0.2) is 6.61 Å². The molecule has 3 rings (SSSR count). The van der Waals surface area contributed by atoms with Gasteiger partial charge in [0.1, 0.15) is 5.75 Å². The summed E-state index contributed by atoms with van der Waals surface area (Å²) in [5.74, 6) is 0.887. The number of esters is 1. The maximum Gasteiger partial charge on any atom is 0.310 e. The Morgan fingerprint density at radius 2 is 1.92 bits per heavy atom. The van der Waals surface area contributed by atoms with Crippen LogP contribution >= 0.6 is 11.6 Å². The summed E-state index contributed by atoms with van der Waals surface area (Å²) in [7, 11) is 0. The van der Waals surface area contributed by atoms with E-state index in [1.165, 1.54) is 0 Å². The van der Waals surface area contributed by atoms with Crippen molar-refractivity contribution in [3.63, 3.8) is 0 Å². The molecule has 134 valence electrons. The maximum absolute atomic E-state index is 11.9. The molecule has 0 N–H and O–H groups in total. The minimum absolute atomic E-state index is 0.0871. The van der Waals surface area contributed by atoms with E-state index >= 15 is 0 Å². The first-order valence-electron chi connectivity index (χ1n) is 8.10. The molecule has 0 unspecified atom stereocenters. The molecule has 7 heteroatoms. The summed E-state index contributed by atoms with van der Waals surface area (Å²) in [6, 6.07) is 14.4. The van der Waals surface area contributed by atoms with Crippen LogP contribution in [0.4, 0.5) is 0 Å². The van der Waals surface area contributed by atoms with Crippen molar-refractivity contribution in [3.8, 4) is 17.1 Å². The highest BCUT2D eigenvalue weighted by Crippen LogP contribution is 2.27. The predicted octanol–water partition coefficient (Wildman–Crippen LogP) is 4.07. The molecule has 0 amide bonds. The third-order valence-electron chi connectivity index (χ3n) is 3.51. The van der Waals surface area contributed by atoms with Gasteiger partial charge in [-0.15, -0.1) is 0 Å². The molecule has 0 saturated heterocycles. The van der Waals surface area contributed by atoms with Crippen LogP contribution in [0.5, 0.6) is 5.75 Å². The number of hydrogen-bond acceptors (Lipinski definition) is 6. The molecule has 0 aliphatic rings. The van der Waals surface area contributed by atoms with E-state index in [0.29, 0.717) is 23.2 Å². The van der Waals surface area contributed by atoms with E-state index in [9.17, 15) is 4.79 Å². The minimum Gasteiger partial charge on any atom is -0.493 e. The lowest BCUT2D eigenvalue weighted by Gasteiger charge is -2.06. The smallest absolute Gasteiger partial charge is 0.310 e. The van der Waals surface area contributed by atoms with Gasteiger partial charge in [0.2, 0.25) is 5.82 Å². The molecule has 1 heterocycles. The number of ether oxygens (including phenoxy) is 2. The molecule has 3 aromatic rings. The lowest BCUT2D eigenvalue weighted by Crippen LogP contribution is -2.08. The molecule has 26 heavy (non-hydrogen) atoms. The second kappa shape index (κ2) is 8.49. The number of benzene rings is 2. The van der Waals surface area contributed by atoms with Gasteiger partial charge in [-0.2, -0.15) is 4.98 Å². The lowest BCUT2D eigenvalue weighted by atomic mass is 10.1. The molecule has 0 fully saturated rings. The first-order valence-corrected chi connectivity index (χ1v) is 8.48. The molecule has 0 spiro atoms. The third-order valence-corrected chi connectivity index (χ3v) is 3.77. The van der Waals surface area contributed by atoms with Crippen LogP contribution in [0.15, 0.2) is 53.1 Å². The monoisotopic (exact) mass is 372 g/mol. The van der Waals surface area contributed by atoms with E-state index in [1.54, 1.807) is 24.3 Å². The molecule has 6 nitrogen and oxygen atoms in total. The van der Waals surface area contributed by atoms with Crippen LogP contribution < -0.4 is 4.74 Å². The Morgan fingerprint density at radius 3 is 2.69 bits per heavy atom. The number of carbonyl (C=O) groups excluding carboxylic acids is 1. The van der Waals surface area contributed by atoms with Crippen LogP contribution in [0.1, 0.15) is 18.4 Å². The van der Waals surface area contributed by atoms with E-state index in [-0.39, 0.29) is 24.9 Å². The number of carbonyl (C=O) groups is 1. The van der Waals surface area contributed by atoms with Crippen LogP contribution in [0, 0.1) is 0 Å². The molecular weight excluding hydrogens is 356 g/mol. The maximum atomic E-state index is 11.9. The van der Waals surface area contributed by atoms with E-state index in [4.69, 9.17) is 25.6 Å². The van der Waals surface area contributed by atoms with Crippen molar-refractivity contribution in [2.75, 3.05) is 6.61 Å². The van der Waals surface area contributed by atoms with Gasteiger partial charge in [0, 0.05) is 5.02 Å². The molecule has 0 bridgehead atoms. The summed E-state index contributed by atoms with van der Waals surface area (Å²) in [5, 5.41) is 4.55. The number of aromatic nitrogens is 2. The van der Waals surface area contributed by atoms with Crippen molar-refractivity contribution < 1.29 is 18.8 Å². The van der Waals surface area contributed by atoms with E-state index in [0.717, 1.165) is 11.1 Å². The van der Waals surface area contributed by atoms with Crippen LogP contribution in [0.2, 0.25) is 5.02 Å². The predicted molar refractivity (Wildman–Crippen MR) is 95.9 cm³/mol. The summed E-state index contributed by atoms with van der Waals surface area (Å²) in [5.41, 5.74) is 1.54. The number of nitrogens with zero attached hydrogens (tertiary/aromatic N) is 2. The van der Waals surface area contributed by atoms with Crippen molar-refractivity contribution in [1.82, 2.24) is 10.1 Å². The van der Waals surface area contributed by atoms with Gasteiger partial charge in [-0.05, 0) is 36.8 Å². The Labute approximate surface area is 155 Å². The highest BCUT2D eigenvalue weighted by Gasteiger charge is 2.14. The molecule has 0 aliphatic carbocycles. The molecule has 1 aromatic heterocycles. The van der Waals surface area contributed by atoms with Crippen LogP contribution in [-0.4, -0.2) is 22.7 Å². The molecule has 0 atom stereocenters. The SMILES string of the molecule is CCOc1ccccc1-c1noc(COC(=O)Cc2ccc(Cl)cc2)n1. The normalized spacial score (nSPS) is 10.5. The minimum atomic E-state index is -0.387. The Morgan fingerprint density at radius 1 is 1.15 bits per heavy atom. The number of halogens is 1. The Hall–Kier alpha value is -2.86. The molecule has 0 saturated carbocycles. The number of para-hydroxylation sites is 1. The average Bonchev–Trinajstić information content (AvgIpc) is 3.12. The molecular formula is C19H17ClN2O4. The van der Waals surface area contributed by atoms with Gasteiger partial charge >= 0.3 is 5.97 Å². The van der Waals surface area contributed by atoms with Crippen molar-refractivity contribution >= 4 is 17.6 Å². The van der Waals surface area contributed by atoms with E-state index in [1.807, 2.05) is 31.2 Å². The Bertz CT molecular complexity index is 877. The Kier molecular flexibility index (Phi) is 5.86. The van der Waals surface area contributed by atoms with E-state index < -0.39 is 0 Å². The second-order valence-electron chi connectivity index (χ2n) is 5.40. The zero-order valence-corrected chi connectivity index (χ0v) is 14.9. The number of hydrogen-bond donors (Lipinski definition) is 0. The average molecular weight is 373 g/mol. The van der Waals surface area contributed by atoms with Crippen molar-refractivity contribution in [1.29, 1.82) is 0 Å². The summed E-state index contributed by atoms with van der Waals surface area (Å²) >= 11 is 5.82. The van der Waals surface area contributed by atoms with Crippen LogP contribution in [0.3, 0.4) is 0 Å². The molecule has 0 aliphatic heterocycles. The lowest BCUT2D eigenvalue weighted by molar-refractivity contribution is -0.144. The number of rotatable bonds is 7. The van der Waals surface area contributed by atoms with Gasteiger partial charge in [-0.25, -0.2) is 0 Å². The fourth-order valence-electron chi connectivity index (χ4n) is 2.32. The summed E-state index contributed by atoms with van der Waals surface area (Å²) in [6.07, 6.45) is 0.144. The summed E-state index contributed by atoms with van der Waals surface area (Å²) < 4.78 is 15.9. The molecule has 0 radical (unpaired) electrons. The zero-order valence-electron chi connectivity index (χ0n) is 14.1. The topological polar surface area (TPSA) is 74.5 Å². The van der Waals surface area contributed by atoms with Crippen molar-refractivity contribution in [2.24, 2.45) is 0 Å². The zero-order chi connectivity index (χ0) is 18.4. The largest absolute Gasteiger partial charge is 0.493 e. The van der Waals surface area contributed by atoms with Gasteiger partial charge in [0.05, 0.1) is 18.6 Å². The van der Waals surface area contributed by atoms with Crippen molar-refractivity contribution in [3.05, 3.63) is 65.0 Å². The Balaban J connectivity index is 1.60. The second-order valence-corrected chi connectivity index (χ2v) is 5.84. The summed E-state index contributed by atoms with van der Waals surface area (Å²) in [6.45, 7) is 2.35. The van der Waals surface area contributed by atoms with Gasteiger partial charge in [-0.3, -0.25) is 4.79 Å². The summed E-state index contributed by atoms with van der Waals surface area (Å²) in [4.78, 5) is 16.2. The molecule has 2 aromatic carbocycles. The highest BCUT2D eigenvalue weighted by molar-refractivity contribution is 6.30. The van der Waals surface area contributed by atoms with Crippen molar-refractivity contribution in [2.45, 2.75) is 20.0 Å². The standard InChI is InChI=1S/C19H17ClN2O4/c1-2-24-16-6-4-3-5-15(16)19-21-17(26-22-19)12-25-18(23)11-13-7-9-14(20)10-8-13/h3-10H,2,11-12H2,1H3. The first kappa shape index (κ1) is 17.9. The fourth-order valence-corrected chi connectivity index (χ4v) is 2.44. The van der Waals surface area contributed by atoms with Gasteiger partial charge in [0.25, 0.3) is 5.89 Å². The van der Waals surface area contributed by atoms with Crippen LogP contribution in [0.25, 0.3) is 11.4 Å². The van der Waals surface area contributed by atoms with Gasteiger partial charge in [-0.1, -0.05) is 41.0 Å². The quantitative estimate of drug-likeness (QED) is 0.582. The fraction of sp³-hybridized carbons (Fsp3) is 0.211. The van der Waals surface area contributed by atoms with Gasteiger partial charge < -0.3 is 14.0 Å². The third kappa shape index (κ3) is 4.61. The highest BCUT2D eigenvalue weighted by atomic mass is 35.5. The van der Waals surface area contributed by atoms with Crippen LogP contribution in [-0.2, 0) is 22.6 Å². The first-order chi connectivity index (χ1) is 12.7. The van der Waals surface area contributed by atoms with E-state index in [2.05, 4.69) is 10.1 Å².